The van der Waals surface area contributed by atoms with Gasteiger partial charge in [-0.25, -0.2) is 4.98 Å². The summed E-state index contributed by atoms with van der Waals surface area (Å²) in [5, 5.41) is 12.0. The fraction of sp³-hybridized carbons (Fsp3) is 0.455. The fourth-order valence-electron chi connectivity index (χ4n) is 1.82. The Morgan fingerprint density at radius 1 is 1.50 bits per heavy atom. The van der Waals surface area contributed by atoms with E-state index < -0.39 is 0 Å². The normalized spacial score (nSPS) is 16.8. The Morgan fingerprint density at radius 3 is 3.19 bits per heavy atom. The molecule has 0 bridgehead atoms. The van der Waals surface area contributed by atoms with Crippen LogP contribution in [0.4, 0.5) is 5.82 Å². The smallest absolute Gasteiger partial charge is 0.221 e. The van der Waals surface area contributed by atoms with Gasteiger partial charge in [0, 0.05) is 37.8 Å². The van der Waals surface area contributed by atoms with Gasteiger partial charge >= 0.3 is 0 Å². The molecule has 0 saturated carbocycles. The average Bonchev–Trinajstić information content (AvgIpc) is 2.54. The van der Waals surface area contributed by atoms with Crippen LogP contribution >= 0.6 is 0 Å². The molecular weight excluding hydrogens is 206 g/mol. The summed E-state index contributed by atoms with van der Waals surface area (Å²) in [6, 6.07) is 3.65. The third kappa shape index (κ3) is 2.30. The third-order valence-electron chi connectivity index (χ3n) is 2.65. The van der Waals surface area contributed by atoms with E-state index in [0.29, 0.717) is 19.5 Å². The predicted octanol–water partition coefficient (Wildman–Crippen LogP) is -0.0998. The number of hydrogen-bond donors (Lipinski definition) is 2. The molecule has 0 aromatic carbocycles. The molecule has 1 saturated heterocycles. The van der Waals surface area contributed by atoms with E-state index in [4.69, 9.17) is 0 Å². The Kier molecular flexibility index (Phi) is 3.36. The van der Waals surface area contributed by atoms with Gasteiger partial charge in [-0.05, 0) is 6.07 Å². The average molecular weight is 221 g/mol. The molecule has 1 aliphatic heterocycles. The van der Waals surface area contributed by atoms with E-state index in [0.717, 1.165) is 17.9 Å². The molecule has 1 fully saturated rings. The van der Waals surface area contributed by atoms with Crippen molar-refractivity contribution in [3.63, 3.8) is 0 Å². The summed E-state index contributed by atoms with van der Waals surface area (Å²) in [6.07, 6.45) is 2.18. The summed E-state index contributed by atoms with van der Waals surface area (Å²) < 4.78 is 0. The van der Waals surface area contributed by atoms with Crippen molar-refractivity contribution in [3.8, 4) is 0 Å². The molecule has 1 aliphatic rings. The zero-order valence-electron chi connectivity index (χ0n) is 9.02. The van der Waals surface area contributed by atoms with Crippen LogP contribution in [0.3, 0.4) is 0 Å². The van der Waals surface area contributed by atoms with Gasteiger partial charge < -0.3 is 15.3 Å². The van der Waals surface area contributed by atoms with Crippen molar-refractivity contribution < 1.29 is 9.90 Å². The number of aromatic nitrogens is 1. The lowest BCUT2D eigenvalue weighted by Crippen LogP contribution is -2.29. The molecule has 0 unspecified atom stereocenters. The highest BCUT2D eigenvalue weighted by Gasteiger charge is 2.16. The van der Waals surface area contributed by atoms with Gasteiger partial charge in [-0.3, -0.25) is 4.79 Å². The third-order valence-corrected chi connectivity index (χ3v) is 2.65. The lowest BCUT2D eigenvalue weighted by atomic mass is 10.2. The topological polar surface area (TPSA) is 65.5 Å². The summed E-state index contributed by atoms with van der Waals surface area (Å²) in [7, 11) is 0. The molecule has 5 heteroatoms. The minimum atomic E-state index is -0.0267. The molecule has 5 nitrogen and oxygen atoms in total. The van der Waals surface area contributed by atoms with Crippen molar-refractivity contribution in [1.29, 1.82) is 0 Å². The van der Waals surface area contributed by atoms with Crippen LogP contribution in [0, 0.1) is 0 Å². The Labute approximate surface area is 94.1 Å². The predicted molar refractivity (Wildman–Crippen MR) is 60.0 cm³/mol. The van der Waals surface area contributed by atoms with Gasteiger partial charge in [-0.15, -0.1) is 0 Å². The second-order valence-corrected chi connectivity index (χ2v) is 3.73. The van der Waals surface area contributed by atoms with E-state index in [2.05, 4.69) is 10.3 Å². The number of amides is 1. The van der Waals surface area contributed by atoms with Gasteiger partial charge in [0.05, 0.1) is 6.61 Å². The molecule has 0 atom stereocenters. The standard InChI is InChI=1S/C11H15N3O2/c15-8-9-2-1-4-13-11(9)14-6-3-10(16)12-5-7-14/h1-2,4,15H,3,5-8H2,(H,12,16). The van der Waals surface area contributed by atoms with Gasteiger partial charge in [0.2, 0.25) is 5.91 Å². The second-order valence-electron chi connectivity index (χ2n) is 3.73. The molecule has 0 spiro atoms. The molecule has 1 aromatic rings. The van der Waals surface area contributed by atoms with E-state index >= 15 is 0 Å². The molecule has 0 aliphatic carbocycles. The number of pyridine rings is 1. The van der Waals surface area contributed by atoms with Crippen LogP contribution in [0.15, 0.2) is 18.3 Å². The maximum atomic E-state index is 11.2. The molecule has 16 heavy (non-hydrogen) atoms. The Morgan fingerprint density at radius 2 is 2.38 bits per heavy atom. The lowest BCUT2D eigenvalue weighted by molar-refractivity contribution is -0.120. The molecule has 1 amide bonds. The van der Waals surface area contributed by atoms with Crippen LogP contribution < -0.4 is 10.2 Å². The lowest BCUT2D eigenvalue weighted by Gasteiger charge is -2.22. The summed E-state index contributed by atoms with van der Waals surface area (Å²) in [5.74, 6) is 0.852. The van der Waals surface area contributed by atoms with Crippen LogP contribution in [-0.2, 0) is 11.4 Å². The Hall–Kier alpha value is -1.62. The van der Waals surface area contributed by atoms with Gasteiger partial charge in [0.25, 0.3) is 0 Å². The second kappa shape index (κ2) is 4.94. The summed E-state index contributed by atoms with van der Waals surface area (Å²) in [4.78, 5) is 17.5. The highest BCUT2D eigenvalue weighted by Crippen LogP contribution is 2.17. The van der Waals surface area contributed by atoms with Crippen molar-refractivity contribution >= 4 is 11.7 Å². The van der Waals surface area contributed by atoms with E-state index in [-0.39, 0.29) is 12.5 Å². The number of aliphatic hydroxyl groups is 1. The first-order valence-corrected chi connectivity index (χ1v) is 5.37. The molecule has 1 aromatic heterocycles. The number of anilines is 1. The van der Waals surface area contributed by atoms with E-state index in [1.165, 1.54) is 0 Å². The molecular formula is C11H15N3O2. The largest absolute Gasteiger partial charge is 0.392 e. The zero-order valence-corrected chi connectivity index (χ0v) is 9.02. The summed E-state index contributed by atoms with van der Waals surface area (Å²) >= 11 is 0. The quantitative estimate of drug-likeness (QED) is 0.732. The minimum absolute atomic E-state index is 0.0267. The highest BCUT2D eigenvalue weighted by atomic mass is 16.3. The van der Waals surface area contributed by atoms with Crippen molar-refractivity contribution in [3.05, 3.63) is 23.9 Å². The number of hydrogen-bond acceptors (Lipinski definition) is 4. The first-order chi connectivity index (χ1) is 7.81. The molecule has 2 heterocycles. The summed E-state index contributed by atoms with van der Waals surface area (Å²) in [6.45, 7) is 1.98. The first kappa shape index (κ1) is 10.9. The molecule has 2 rings (SSSR count). The first-order valence-electron chi connectivity index (χ1n) is 5.37. The molecule has 0 radical (unpaired) electrons. The van der Waals surface area contributed by atoms with Crippen LogP contribution in [0.25, 0.3) is 0 Å². The maximum absolute atomic E-state index is 11.2. The van der Waals surface area contributed by atoms with Gasteiger partial charge in [0.15, 0.2) is 0 Å². The van der Waals surface area contributed by atoms with Crippen LogP contribution in [-0.4, -0.2) is 35.6 Å². The van der Waals surface area contributed by atoms with Crippen molar-refractivity contribution in [2.24, 2.45) is 0 Å². The van der Waals surface area contributed by atoms with Crippen LogP contribution in [0.5, 0.6) is 0 Å². The van der Waals surface area contributed by atoms with E-state index in [1.807, 2.05) is 11.0 Å². The van der Waals surface area contributed by atoms with Crippen molar-refractivity contribution in [2.45, 2.75) is 13.0 Å². The van der Waals surface area contributed by atoms with Crippen LogP contribution in [0.1, 0.15) is 12.0 Å². The zero-order chi connectivity index (χ0) is 11.4. The van der Waals surface area contributed by atoms with Gasteiger partial charge in [-0.2, -0.15) is 0 Å². The number of nitrogens with zero attached hydrogens (tertiary/aromatic N) is 2. The van der Waals surface area contributed by atoms with Gasteiger partial charge in [-0.1, -0.05) is 6.07 Å². The van der Waals surface area contributed by atoms with Crippen molar-refractivity contribution in [2.75, 3.05) is 24.5 Å². The minimum Gasteiger partial charge on any atom is -0.392 e. The van der Waals surface area contributed by atoms with Gasteiger partial charge in [0.1, 0.15) is 5.82 Å². The Bertz CT molecular complexity index is 381. The number of carbonyl (C=O) groups is 1. The number of aliphatic hydroxyl groups excluding tert-OH is 1. The summed E-state index contributed by atoms with van der Waals surface area (Å²) in [5.41, 5.74) is 0.803. The maximum Gasteiger partial charge on any atom is 0.221 e. The van der Waals surface area contributed by atoms with Crippen molar-refractivity contribution in [1.82, 2.24) is 10.3 Å². The van der Waals surface area contributed by atoms with E-state index in [9.17, 15) is 9.90 Å². The number of rotatable bonds is 2. The SMILES string of the molecule is O=C1CCN(c2ncccc2CO)CCN1. The highest BCUT2D eigenvalue weighted by molar-refractivity contribution is 5.77. The van der Waals surface area contributed by atoms with E-state index in [1.54, 1.807) is 12.3 Å². The fourth-order valence-corrected chi connectivity index (χ4v) is 1.82. The molecule has 86 valence electrons. The molecule has 2 N–H and O–H groups in total. The van der Waals surface area contributed by atoms with Crippen LogP contribution in [0.2, 0.25) is 0 Å². The monoisotopic (exact) mass is 221 g/mol. The Balaban J connectivity index is 2.19. The number of carbonyl (C=O) groups excluding carboxylic acids is 1. The number of nitrogens with one attached hydrogen (secondary N) is 1.